The molecule has 1 aliphatic heterocycles. The number of hydrogen-bond donors (Lipinski definition) is 1. The van der Waals surface area contributed by atoms with Gasteiger partial charge in [-0.25, -0.2) is 4.98 Å². The number of hydrogen-bond acceptors (Lipinski definition) is 3. The van der Waals surface area contributed by atoms with Crippen LogP contribution in [0.15, 0.2) is 24.3 Å². The van der Waals surface area contributed by atoms with E-state index in [4.69, 9.17) is 4.74 Å². The van der Waals surface area contributed by atoms with E-state index in [1.807, 2.05) is 18.2 Å². The van der Waals surface area contributed by atoms with Gasteiger partial charge in [-0.2, -0.15) is 0 Å². The average Bonchev–Trinajstić information content (AvgIpc) is 2.91. The van der Waals surface area contributed by atoms with Crippen molar-refractivity contribution in [2.45, 2.75) is 45.4 Å². The van der Waals surface area contributed by atoms with Gasteiger partial charge in [0.05, 0.1) is 17.6 Å². The SMILES string of the molecule is CCn1c(CNC(=O)C2CCCCO2)nc2ccccc21. The molecule has 0 saturated carbocycles. The molecule has 0 aliphatic carbocycles. The number of nitrogens with one attached hydrogen (secondary N) is 1. The van der Waals surface area contributed by atoms with Crippen LogP contribution < -0.4 is 5.32 Å². The maximum Gasteiger partial charge on any atom is 0.249 e. The maximum atomic E-state index is 12.1. The first-order valence-corrected chi connectivity index (χ1v) is 7.63. The zero-order chi connectivity index (χ0) is 14.7. The second kappa shape index (κ2) is 6.26. The molecule has 21 heavy (non-hydrogen) atoms. The van der Waals surface area contributed by atoms with Crippen molar-refractivity contribution in [2.75, 3.05) is 6.61 Å². The van der Waals surface area contributed by atoms with Crippen molar-refractivity contribution < 1.29 is 9.53 Å². The van der Waals surface area contributed by atoms with Gasteiger partial charge in [0.1, 0.15) is 11.9 Å². The lowest BCUT2D eigenvalue weighted by Crippen LogP contribution is -2.38. The van der Waals surface area contributed by atoms with E-state index in [-0.39, 0.29) is 12.0 Å². The molecule has 1 amide bonds. The van der Waals surface area contributed by atoms with Gasteiger partial charge in [0.15, 0.2) is 0 Å². The van der Waals surface area contributed by atoms with Gasteiger partial charge < -0.3 is 14.6 Å². The summed E-state index contributed by atoms with van der Waals surface area (Å²) in [6.07, 6.45) is 2.63. The Kier molecular flexibility index (Phi) is 4.20. The van der Waals surface area contributed by atoms with E-state index in [2.05, 4.69) is 27.9 Å². The standard InChI is InChI=1S/C16H21N3O2/c1-2-19-13-8-4-3-7-12(13)18-15(19)11-17-16(20)14-9-5-6-10-21-14/h3-4,7-8,14H,2,5-6,9-11H2,1H3,(H,17,20). The molecular formula is C16H21N3O2. The summed E-state index contributed by atoms with van der Waals surface area (Å²) in [5, 5.41) is 2.96. The zero-order valence-electron chi connectivity index (χ0n) is 12.3. The summed E-state index contributed by atoms with van der Waals surface area (Å²) >= 11 is 0. The summed E-state index contributed by atoms with van der Waals surface area (Å²) < 4.78 is 7.64. The Morgan fingerprint density at radius 3 is 3.05 bits per heavy atom. The fourth-order valence-electron chi connectivity index (χ4n) is 2.84. The summed E-state index contributed by atoms with van der Waals surface area (Å²) in [6.45, 7) is 4.06. The van der Waals surface area contributed by atoms with Crippen molar-refractivity contribution in [1.29, 1.82) is 0 Å². The first-order chi connectivity index (χ1) is 10.3. The van der Waals surface area contributed by atoms with E-state index in [0.717, 1.165) is 42.7 Å². The number of benzene rings is 1. The topological polar surface area (TPSA) is 56.2 Å². The normalized spacial score (nSPS) is 18.8. The first-order valence-electron chi connectivity index (χ1n) is 7.63. The minimum atomic E-state index is -0.293. The molecule has 1 fully saturated rings. The summed E-state index contributed by atoms with van der Waals surface area (Å²) in [4.78, 5) is 16.7. The number of aromatic nitrogens is 2. The number of imidazole rings is 1. The number of nitrogens with zero attached hydrogens (tertiary/aromatic N) is 2. The lowest BCUT2D eigenvalue weighted by Gasteiger charge is -2.21. The molecule has 1 aromatic heterocycles. The molecule has 5 heteroatoms. The molecule has 1 aliphatic rings. The van der Waals surface area contributed by atoms with Gasteiger partial charge in [0.2, 0.25) is 5.91 Å². The summed E-state index contributed by atoms with van der Waals surface area (Å²) in [5.74, 6) is 0.868. The number of ether oxygens (including phenoxy) is 1. The van der Waals surface area contributed by atoms with Crippen LogP contribution in [0.5, 0.6) is 0 Å². The van der Waals surface area contributed by atoms with E-state index >= 15 is 0 Å². The van der Waals surface area contributed by atoms with Crippen LogP contribution in [0.4, 0.5) is 0 Å². The Balaban J connectivity index is 1.71. The van der Waals surface area contributed by atoms with E-state index in [1.165, 1.54) is 0 Å². The van der Waals surface area contributed by atoms with Gasteiger partial charge in [-0.15, -0.1) is 0 Å². The summed E-state index contributed by atoms with van der Waals surface area (Å²) in [7, 11) is 0. The minimum Gasteiger partial charge on any atom is -0.368 e. The highest BCUT2D eigenvalue weighted by Crippen LogP contribution is 2.16. The second-order valence-electron chi connectivity index (χ2n) is 5.33. The number of carbonyl (C=O) groups is 1. The highest BCUT2D eigenvalue weighted by Gasteiger charge is 2.22. The van der Waals surface area contributed by atoms with Crippen molar-refractivity contribution in [2.24, 2.45) is 0 Å². The van der Waals surface area contributed by atoms with Crippen LogP contribution in [0.2, 0.25) is 0 Å². The van der Waals surface area contributed by atoms with Crippen LogP contribution in [0.1, 0.15) is 32.0 Å². The van der Waals surface area contributed by atoms with E-state index in [0.29, 0.717) is 13.2 Å². The third-order valence-electron chi connectivity index (χ3n) is 3.94. The Morgan fingerprint density at radius 1 is 1.43 bits per heavy atom. The Hall–Kier alpha value is -1.88. The van der Waals surface area contributed by atoms with Gasteiger partial charge >= 0.3 is 0 Å². The van der Waals surface area contributed by atoms with Gasteiger partial charge in [0.25, 0.3) is 0 Å². The zero-order valence-corrected chi connectivity index (χ0v) is 12.3. The van der Waals surface area contributed by atoms with Gasteiger partial charge in [0, 0.05) is 13.2 Å². The van der Waals surface area contributed by atoms with Crippen molar-refractivity contribution in [3.63, 3.8) is 0 Å². The quantitative estimate of drug-likeness (QED) is 0.938. The number of para-hydroxylation sites is 2. The van der Waals surface area contributed by atoms with Crippen molar-refractivity contribution >= 4 is 16.9 Å². The molecule has 2 aromatic rings. The smallest absolute Gasteiger partial charge is 0.249 e. The molecule has 1 aromatic carbocycles. The number of rotatable bonds is 4. The number of carbonyl (C=O) groups excluding carboxylic acids is 1. The van der Waals surface area contributed by atoms with Crippen molar-refractivity contribution in [3.05, 3.63) is 30.1 Å². The largest absolute Gasteiger partial charge is 0.368 e. The van der Waals surface area contributed by atoms with E-state index < -0.39 is 0 Å². The van der Waals surface area contributed by atoms with E-state index in [1.54, 1.807) is 0 Å². The predicted molar refractivity (Wildman–Crippen MR) is 80.8 cm³/mol. The molecule has 5 nitrogen and oxygen atoms in total. The van der Waals surface area contributed by atoms with Crippen LogP contribution in [-0.4, -0.2) is 28.2 Å². The molecule has 1 unspecified atom stereocenters. The van der Waals surface area contributed by atoms with Crippen LogP contribution in [-0.2, 0) is 22.6 Å². The highest BCUT2D eigenvalue weighted by molar-refractivity contribution is 5.81. The van der Waals surface area contributed by atoms with Crippen LogP contribution in [0.25, 0.3) is 11.0 Å². The third kappa shape index (κ3) is 2.93. The van der Waals surface area contributed by atoms with E-state index in [9.17, 15) is 4.79 Å². The molecule has 2 heterocycles. The second-order valence-corrected chi connectivity index (χ2v) is 5.33. The molecule has 0 radical (unpaired) electrons. The first kappa shape index (κ1) is 14.1. The molecule has 0 bridgehead atoms. The van der Waals surface area contributed by atoms with Crippen LogP contribution >= 0.6 is 0 Å². The molecule has 3 rings (SSSR count). The highest BCUT2D eigenvalue weighted by atomic mass is 16.5. The minimum absolute atomic E-state index is 0.0237. The molecule has 112 valence electrons. The molecular weight excluding hydrogens is 266 g/mol. The van der Waals surface area contributed by atoms with Gasteiger partial charge in [-0.1, -0.05) is 12.1 Å². The lowest BCUT2D eigenvalue weighted by molar-refractivity contribution is -0.135. The van der Waals surface area contributed by atoms with Gasteiger partial charge in [-0.3, -0.25) is 4.79 Å². The maximum absolute atomic E-state index is 12.1. The number of fused-ring (bicyclic) bond motifs is 1. The number of amides is 1. The molecule has 1 atom stereocenters. The van der Waals surface area contributed by atoms with Crippen LogP contribution in [0, 0.1) is 0 Å². The Morgan fingerprint density at radius 2 is 2.29 bits per heavy atom. The Bertz CT molecular complexity index is 629. The average molecular weight is 287 g/mol. The van der Waals surface area contributed by atoms with Gasteiger partial charge in [-0.05, 0) is 38.3 Å². The fraction of sp³-hybridized carbons (Fsp3) is 0.500. The van der Waals surface area contributed by atoms with Crippen LogP contribution in [0.3, 0.4) is 0 Å². The van der Waals surface area contributed by atoms with Crippen molar-refractivity contribution in [1.82, 2.24) is 14.9 Å². The Labute approximate surface area is 124 Å². The number of aryl methyl sites for hydroxylation is 1. The lowest BCUT2D eigenvalue weighted by atomic mass is 10.1. The predicted octanol–water partition coefficient (Wildman–Crippen LogP) is 2.24. The monoisotopic (exact) mass is 287 g/mol. The molecule has 1 N–H and O–H groups in total. The molecule has 1 saturated heterocycles. The summed E-state index contributed by atoms with van der Waals surface area (Å²) in [5.41, 5.74) is 2.08. The summed E-state index contributed by atoms with van der Waals surface area (Å²) in [6, 6.07) is 8.04. The van der Waals surface area contributed by atoms with Crippen molar-refractivity contribution in [3.8, 4) is 0 Å². The third-order valence-corrected chi connectivity index (χ3v) is 3.94. The molecule has 0 spiro atoms. The fourth-order valence-corrected chi connectivity index (χ4v) is 2.84.